The minimum atomic E-state index is -0.295. The van der Waals surface area contributed by atoms with Gasteiger partial charge in [-0.3, -0.25) is 4.79 Å². The van der Waals surface area contributed by atoms with Crippen molar-refractivity contribution in [3.05, 3.63) is 64.7 Å². The Kier molecular flexibility index (Phi) is 6.08. The Morgan fingerprint density at radius 1 is 1.11 bits per heavy atom. The standard InChI is InChI=1S/C21H21NO4S/c1-14-7-8-15(9-19(14)25-3)10-20(23)26-12-17-13-27-21(22-17)16-5-4-6-18(11-16)24-2/h4-9,11,13H,10,12H2,1-3H3. The number of hydrogen-bond acceptors (Lipinski definition) is 6. The lowest BCUT2D eigenvalue weighted by Gasteiger charge is -2.07. The number of benzene rings is 2. The number of carbonyl (C=O) groups excluding carboxylic acids is 1. The molecule has 3 rings (SSSR count). The number of hydrogen-bond donors (Lipinski definition) is 0. The second-order valence-electron chi connectivity index (χ2n) is 6.02. The van der Waals surface area contributed by atoms with Gasteiger partial charge < -0.3 is 14.2 Å². The van der Waals surface area contributed by atoms with Gasteiger partial charge in [0.15, 0.2) is 0 Å². The minimum absolute atomic E-state index is 0.155. The van der Waals surface area contributed by atoms with Crippen LogP contribution in [0.4, 0.5) is 0 Å². The predicted molar refractivity (Wildman–Crippen MR) is 105 cm³/mol. The van der Waals surface area contributed by atoms with Crippen LogP contribution in [-0.2, 0) is 22.6 Å². The Balaban J connectivity index is 1.59. The molecule has 27 heavy (non-hydrogen) atoms. The highest BCUT2D eigenvalue weighted by atomic mass is 32.1. The molecule has 0 N–H and O–H groups in total. The first-order valence-corrected chi connectivity index (χ1v) is 9.35. The van der Waals surface area contributed by atoms with Gasteiger partial charge in [0, 0.05) is 10.9 Å². The lowest BCUT2D eigenvalue weighted by molar-refractivity contribution is -0.144. The zero-order chi connectivity index (χ0) is 19.2. The Labute approximate surface area is 162 Å². The molecular weight excluding hydrogens is 362 g/mol. The number of rotatable bonds is 7. The maximum Gasteiger partial charge on any atom is 0.310 e. The SMILES string of the molecule is COc1cccc(-c2nc(COC(=O)Cc3ccc(C)c(OC)c3)cs2)c1. The smallest absolute Gasteiger partial charge is 0.310 e. The van der Waals surface area contributed by atoms with Crippen molar-refractivity contribution in [2.45, 2.75) is 20.0 Å². The van der Waals surface area contributed by atoms with Crippen molar-refractivity contribution >= 4 is 17.3 Å². The van der Waals surface area contributed by atoms with Crippen LogP contribution < -0.4 is 9.47 Å². The highest BCUT2D eigenvalue weighted by Gasteiger charge is 2.10. The third kappa shape index (κ3) is 4.86. The number of ether oxygens (including phenoxy) is 3. The first-order valence-electron chi connectivity index (χ1n) is 8.47. The number of aryl methyl sites for hydroxylation is 1. The van der Waals surface area contributed by atoms with E-state index in [1.54, 1.807) is 14.2 Å². The molecule has 0 saturated carbocycles. The van der Waals surface area contributed by atoms with E-state index in [2.05, 4.69) is 4.98 Å². The Hall–Kier alpha value is -2.86. The molecule has 0 aliphatic carbocycles. The van der Waals surface area contributed by atoms with Crippen molar-refractivity contribution in [2.24, 2.45) is 0 Å². The Morgan fingerprint density at radius 3 is 2.74 bits per heavy atom. The first kappa shape index (κ1) is 18.9. The molecule has 0 bridgehead atoms. The van der Waals surface area contributed by atoms with E-state index in [0.29, 0.717) is 0 Å². The summed E-state index contributed by atoms with van der Waals surface area (Å²) >= 11 is 1.51. The lowest BCUT2D eigenvalue weighted by atomic mass is 10.1. The molecule has 0 saturated heterocycles. The molecule has 0 unspecified atom stereocenters. The molecule has 0 aliphatic rings. The van der Waals surface area contributed by atoms with Crippen LogP contribution >= 0.6 is 11.3 Å². The third-order valence-electron chi connectivity index (χ3n) is 4.07. The van der Waals surface area contributed by atoms with Gasteiger partial charge >= 0.3 is 5.97 Å². The fraction of sp³-hybridized carbons (Fsp3) is 0.238. The maximum absolute atomic E-state index is 12.1. The summed E-state index contributed by atoms with van der Waals surface area (Å²) in [7, 11) is 3.25. The van der Waals surface area contributed by atoms with E-state index in [1.807, 2.05) is 54.8 Å². The van der Waals surface area contributed by atoms with Crippen LogP contribution in [0.15, 0.2) is 47.8 Å². The molecule has 0 amide bonds. The molecular formula is C21H21NO4S. The van der Waals surface area contributed by atoms with E-state index >= 15 is 0 Å². The molecule has 6 heteroatoms. The van der Waals surface area contributed by atoms with Gasteiger partial charge in [-0.05, 0) is 36.2 Å². The van der Waals surface area contributed by atoms with Gasteiger partial charge in [0.05, 0.1) is 26.3 Å². The van der Waals surface area contributed by atoms with E-state index in [0.717, 1.165) is 38.9 Å². The van der Waals surface area contributed by atoms with E-state index in [-0.39, 0.29) is 19.0 Å². The number of esters is 1. The van der Waals surface area contributed by atoms with E-state index < -0.39 is 0 Å². The summed E-state index contributed by atoms with van der Waals surface area (Å²) in [6.07, 6.45) is 0.198. The summed E-state index contributed by atoms with van der Waals surface area (Å²) in [4.78, 5) is 16.7. The zero-order valence-corrected chi connectivity index (χ0v) is 16.3. The molecule has 0 fully saturated rings. The van der Waals surface area contributed by atoms with Gasteiger partial charge in [-0.25, -0.2) is 4.98 Å². The second-order valence-corrected chi connectivity index (χ2v) is 6.88. The normalized spacial score (nSPS) is 10.5. The summed E-state index contributed by atoms with van der Waals surface area (Å²) in [5.41, 5.74) is 3.59. The van der Waals surface area contributed by atoms with Crippen LogP contribution in [-0.4, -0.2) is 25.2 Å². The number of methoxy groups -OCH3 is 2. The van der Waals surface area contributed by atoms with E-state index in [9.17, 15) is 4.79 Å². The van der Waals surface area contributed by atoms with Crippen molar-refractivity contribution in [1.82, 2.24) is 4.98 Å². The van der Waals surface area contributed by atoms with Crippen molar-refractivity contribution < 1.29 is 19.0 Å². The Bertz CT molecular complexity index is 935. The molecule has 140 valence electrons. The maximum atomic E-state index is 12.1. The molecule has 3 aromatic rings. The summed E-state index contributed by atoms with van der Waals surface area (Å²) in [6, 6.07) is 13.4. The quantitative estimate of drug-likeness (QED) is 0.565. The molecule has 0 spiro atoms. The molecule has 0 radical (unpaired) electrons. The number of carbonyl (C=O) groups is 1. The monoisotopic (exact) mass is 383 g/mol. The van der Waals surface area contributed by atoms with Crippen LogP contribution in [0.1, 0.15) is 16.8 Å². The summed E-state index contributed by atoms with van der Waals surface area (Å²) in [6.45, 7) is 2.12. The molecule has 5 nitrogen and oxygen atoms in total. The van der Waals surface area contributed by atoms with Crippen LogP contribution in [0.5, 0.6) is 11.5 Å². The van der Waals surface area contributed by atoms with Crippen LogP contribution in [0, 0.1) is 6.92 Å². The fourth-order valence-corrected chi connectivity index (χ4v) is 3.41. The average molecular weight is 383 g/mol. The van der Waals surface area contributed by atoms with Crippen molar-refractivity contribution in [3.8, 4) is 22.1 Å². The van der Waals surface area contributed by atoms with Gasteiger partial charge in [0.2, 0.25) is 0 Å². The number of nitrogens with zero attached hydrogens (tertiary/aromatic N) is 1. The molecule has 0 atom stereocenters. The van der Waals surface area contributed by atoms with Crippen LogP contribution in [0.3, 0.4) is 0 Å². The second kappa shape index (κ2) is 8.68. The predicted octanol–water partition coefficient (Wildman–Crippen LogP) is 4.42. The van der Waals surface area contributed by atoms with Gasteiger partial charge in [0.25, 0.3) is 0 Å². The van der Waals surface area contributed by atoms with Crippen LogP contribution in [0.25, 0.3) is 10.6 Å². The van der Waals surface area contributed by atoms with E-state index in [1.165, 1.54) is 11.3 Å². The topological polar surface area (TPSA) is 57.7 Å². The first-order chi connectivity index (χ1) is 13.1. The van der Waals surface area contributed by atoms with Crippen molar-refractivity contribution in [3.63, 3.8) is 0 Å². The molecule has 0 aliphatic heterocycles. The number of aromatic nitrogens is 1. The summed E-state index contributed by atoms with van der Waals surface area (Å²) in [5, 5.41) is 2.76. The third-order valence-corrected chi connectivity index (χ3v) is 5.01. The van der Waals surface area contributed by atoms with E-state index in [4.69, 9.17) is 14.2 Å². The van der Waals surface area contributed by atoms with Gasteiger partial charge in [-0.1, -0.05) is 24.3 Å². The highest BCUT2D eigenvalue weighted by molar-refractivity contribution is 7.13. The average Bonchev–Trinajstić information content (AvgIpc) is 3.17. The summed E-state index contributed by atoms with van der Waals surface area (Å²) in [5.74, 6) is 1.25. The summed E-state index contributed by atoms with van der Waals surface area (Å²) < 4.78 is 15.9. The largest absolute Gasteiger partial charge is 0.497 e. The van der Waals surface area contributed by atoms with Gasteiger partial charge in [-0.15, -0.1) is 11.3 Å². The van der Waals surface area contributed by atoms with Gasteiger partial charge in [-0.2, -0.15) is 0 Å². The van der Waals surface area contributed by atoms with Crippen LogP contribution in [0.2, 0.25) is 0 Å². The minimum Gasteiger partial charge on any atom is -0.497 e. The highest BCUT2D eigenvalue weighted by Crippen LogP contribution is 2.27. The lowest BCUT2D eigenvalue weighted by Crippen LogP contribution is -2.08. The van der Waals surface area contributed by atoms with Gasteiger partial charge in [0.1, 0.15) is 23.1 Å². The van der Waals surface area contributed by atoms with Crippen molar-refractivity contribution in [2.75, 3.05) is 14.2 Å². The van der Waals surface area contributed by atoms with Crippen molar-refractivity contribution in [1.29, 1.82) is 0 Å². The fourth-order valence-electron chi connectivity index (χ4n) is 2.61. The zero-order valence-electron chi connectivity index (χ0n) is 15.5. The molecule has 2 aromatic carbocycles. The molecule has 1 heterocycles. The molecule has 1 aromatic heterocycles. The Morgan fingerprint density at radius 2 is 1.96 bits per heavy atom. The number of thiazole rings is 1.